The van der Waals surface area contributed by atoms with Gasteiger partial charge in [-0.1, -0.05) is 6.08 Å². The maximum atomic E-state index is 11.2. The van der Waals surface area contributed by atoms with Gasteiger partial charge < -0.3 is 15.3 Å². The number of pyridine rings is 1. The lowest BCUT2D eigenvalue weighted by molar-refractivity contribution is -0.0444. The highest BCUT2D eigenvalue weighted by atomic mass is 16.5. The minimum Gasteiger partial charge on any atom is -0.497 e. The van der Waals surface area contributed by atoms with Gasteiger partial charge in [-0.2, -0.15) is 0 Å². The van der Waals surface area contributed by atoms with Gasteiger partial charge in [0.15, 0.2) is 0 Å². The highest BCUT2D eigenvalue weighted by molar-refractivity contribution is 5.83. The van der Waals surface area contributed by atoms with Crippen molar-refractivity contribution in [2.45, 2.75) is 25.0 Å². The molecule has 25 heavy (non-hydrogen) atoms. The maximum Gasteiger partial charge on any atom is 0.119 e. The zero-order valence-electron chi connectivity index (χ0n) is 14.6. The van der Waals surface area contributed by atoms with Crippen molar-refractivity contribution in [1.29, 1.82) is 0 Å². The number of fused-ring (bicyclic) bond motifs is 4. The van der Waals surface area contributed by atoms with Gasteiger partial charge in [0.1, 0.15) is 5.75 Å². The number of ether oxygens (including phenoxy) is 1. The van der Waals surface area contributed by atoms with Crippen molar-refractivity contribution < 1.29 is 15.3 Å². The van der Waals surface area contributed by atoms with Crippen molar-refractivity contribution >= 4 is 10.9 Å². The summed E-state index contributed by atoms with van der Waals surface area (Å²) >= 11 is 0. The number of aromatic nitrogens is 1. The lowest BCUT2D eigenvalue weighted by Crippen LogP contribution is -2.54. The zero-order valence-corrected chi connectivity index (χ0v) is 14.6. The third-order valence-electron chi connectivity index (χ3n) is 5.82. The molecule has 5 rings (SSSR count). The van der Waals surface area contributed by atoms with Crippen molar-refractivity contribution in [3.63, 3.8) is 0 Å². The van der Waals surface area contributed by atoms with Crippen LogP contribution in [0.25, 0.3) is 10.9 Å². The van der Waals surface area contributed by atoms with E-state index >= 15 is 0 Å². The highest BCUT2D eigenvalue weighted by Gasteiger charge is 2.42. The number of benzene rings is 1. The Hall–Kier alpha value is -1.95. The molecule has 2 unspecified atom stereocenters. The fourth-order valence-electron chi connectivity index (χ4n) is 4.44. The fourth-order valence-corrected chi connectivity index (χ4v) is 4.44. The van der Waals surface area contributed by atoms with Crippen molar-refractivity contribution in [3.8, 4) is 5.75 Å². The van der Waals surface area contributed by atoms with E-state index in [1.807, 2.05) is 24.3 Å². The summed E-state index contributed by atoms with van der Waals surface area (Å²) in [6.07, 6.45) is 5.62. The predicted octanol–water partition coefficient (Wildman–Crippen LogP) is 2.35. The van der Waals surface area contributed by atoms with Crippen LogP contribution in [0.2, 0.25) is 0 Å². The molecule has 5 nitrogen and oxygen atoms in total. The molecule has 0 spiro atoms. The Labute approximate surface area is 148 Å². The molecule has 3 fully saturated rings. The van der Waals surface area contributed by atoms with Gasteiger partial charge in [-0.25, -0.2) is 0 Å². The van der Waals surface area contributed by atoms with Gasteiger partial charge in [-0.15, -0.1) is 6.58 Å². The number of hydrogen-bond acceptors (Lipinski definition) is 4. The normalized spacial score (nSPS) is 29.0. The number of nitrogens with zero attached hydrogens (tertiary/aromatic N) is 2. The SMILES string of the molecule is C=C[C@@H]1CN2CCC1C[C@H]2[C@@H](O)c1ccnc2ccc(OC)cc12.O. The molecule has 1 aromatic heterocycles. The lowest BCUT2D eigenvalue weighted by Gasteiger charge is -2.50. The second-order valence-electron chi connectivity index (χ2n) is 6.97. The van der Waals surface area contributed by atoms with Gasteiger partial charge in [0.2, 0.25) is 0 Å². The van der Waals surface area contributed by atoms with E-state index in [1.54, 1.807) is 13.3 Å². The third-order valence-corrected chi connectivity index (χ3v) is 5.82. The smallest absolute Gasteiger partial charge is 0.119 e. The summed E-state index contributed by atoms with van der Waals surface area (Å²) < 4.78 is 5.35. The van der Waals surface area contributed by atoms with Crippen molar-refractivity contribution in [3.05, 3.63) is 48.7 Å². The van der Waals surface area contributed by atoms with Gasteiger partial charge >= 0.3 is 0 Å². The van der Waals surface area contributed by atoms with Gasteiger partial charge in [0.05, 0.1) is 18.7 Å². The second kappa shape index (κ2) is 7.12. The summed E-state index contributed by atoms with van der Waals surface area (Å²) in [5, 5.41) is 12.1. The number of hydrogen-bond donors (Lipinski definition) is 1. The van der Waals surface area contributed by atoms with E-state index in [0.717, 1.165) is 41.7 Å². The average molecular weight is 342 g/mol. The Morgan fingerprint density at radius 3 is 2.92 bits per heavy atom. The first-order chi connectivity index (χ1) is 11.7. The topological polar surface area (TPSA) is 77.1 Å². The zero-order chi connectivity index (χ0) is 16.7. The van der Waals surface area contributed by atoms with Crippen molar-refractivity contribution in [2.24, 2.45) is 11.8 Å². The molecule has 0 aliphatic carbocycles. The Bertz CT molecular complexity index is 764. The monoisotopic (exact) mass is 342 g/mol. The van der Waals surface area contributed by atoms with Gasteiger partial charge in [0.25, 0.3) is 0 Å². The van der Waals surface area contributed by atoms with Crippen LogP contribution in [0.15, 0.2) is 43.1 Å². The molecule has 5 atom stereocenters. The van der Waals surface area contributed by atoms with E-state index < -0.39 is 6.10 Å². The number of piperidine rings is 3. The largest absolute Gasteiger partial charge is 0.497 e. The Morgan fingerprint density at radius 2 is 2.24 bits per heavy atom. The molecule has 3 aliphatic rings. The van der Waals surface area contributed by atoms with E-state index in [-0.39, 0.29) is 11.5 Å². The second-order valence-corrected chi connectivity index (χ2v) is 6.97. The van der Waals surface area contributed by atoms with Crippen LogP contribution < -0.4 is 4.74 Å². The Kier molecular flexibility index (Phi) is 5.08. The molecule has 2 bridgehead atoms. The summed E-state index contributed by atoms with van der Waals surface area (Å²) in [7, 11) is 1.66. The number of aliphatic hydroxyl groups excluding tert-OH is 1. The molecule has 3 N–H and O–H groups in total. The van der Waals surface area contributed by atoms with Crippen LogP contribution >= 0.6 is 0 Å². The summed E-state index contributed by atoms with van der Waals surface area (Å²) in [5.41, 5.74) is 1.85. The molecule has 5 heteroatoms. The van der Waals surface area contributed by atoms with Gasteiger partial charge in [-0.05, 0) is 61.1 Å². The molecule has 134 valence electrons. The van der Waals surface area contributed by atoms with Gasteiger partial charge in [-0.3, -0.25) is 9.88 Å². The molecule has 4 heterocycles. The molecule has 0 saturated carbocycles. The number of aliphatic hydroxyl groups is 1. The molecule has 0 radical (unpaired) electrons. The molecular formula is C20H26N2O3. The van der Waals surface area contributed by atoms with E-state index in [2.05, 4.69) is 22.5 Å². The van der Waals surface area contributed by atoms with E-state index in [9.17, 15) is 5.11 Å². The summed E-state index contributed by atoms with van der Waals surface area (Å²) in [4.78, 5) is 6.86. The Morgan fingerprint density at radius 1 is 1.40 bits per heavy atom. The van der Waals surface area contributed by atoms with Crippen LogP contribution in [0.5, 0.6) is 5.75 Å². The standard InChI is InChI=1S/C20H24N2O2.H2O/c1-3-13-12-22-9-7-14(13)10-19(22)20(23)16-6-8-21-18-5-4-15(24-2)11-17(16)18;/h3-6,8,11,13-14,19-20,23H,1,7,9-10,12H2,2H3;1H2/t13-,14?,19+,20+;/m1./s1. The molecule has 1 aromatic carbocycles. The van der Waals surface area contributed by atoms with Crippen molar-refractivity contribution in [2.75, 3.05) is 20.2 Å². The van der Waals surface area contributed by atoms with Crippen LogP contribution in [0.4, 0.5) is 0 Å². The highest BCUT2D eigenvalue weighted by Crippen LogP contribution is 2.42. The number of methoxy groups -OCH3 is 1. The maximum absolute atomic E-state index is 11.2. The fraction of sp³-hybridized carbons (Fsp3) is 0.450. The Balaban J connectivity index is 0.00000182. The first-order valence-corrected chi connectivity index (χ1v) is 8.68. The van der Waals surface area contributed by atoms with Crippen LogP contribution in [-0.2, 0) is 0 Å². The molecular weight excluding hydrogens is 316 g/mol. The number of rotatable bonds is 4. The summed E-state index contributed by atoms with van der Waals surface area (Å²) in [5.74, 6) is 2.01. The van der Waals surface area contributed by atoms with E-state index in [4.69, 9.17) is 4.74 Å². The molecule has 2 aromatic rings. The minimum atomic E-state index is -0.504. The lowest BCUT2D eigenvalue weighted by atomic mass is 9.73. The van der Waals surface area contributed by atoms with Crippen LogP contribution in [0.3, 0.4) is 0 Å². The quantitative estimate of drug-likeness (QED) is 0.865. The van der Waals surface area contributed by atoms with Gasteiger partial charge in [0, 0.05) is 24.2 Å². The van der Waals surface area contributed by atoms with E-state index in [1.165, 1.54) is 6.42 Å². The minimum absolute atomic E-state index is 0. The van der Waals surface area contributed by atoms with Crippen LogP contribution in [0.1, 0.15) is 24.5 Å². The summed E-state index contributed by atoms with van der Waals surface area (Å²) in [6.45, 7) is 6.07. The third kappa shape index (κ3) is 3.03. The molecule has 0 amide bonds. The van der Waals surface area contributed by atoms with Crippen molar-refractivity contribution in [1.82, 2.24) is 9.88 Å². The first kappa shape index (κ1) is 17.9. The predicted molar refractivity (Wildman–Crippen MR) is 98.6 cm³/mol. The van der Waals surface area contributed by atoms with Crippen LogP contribution in [0, 0.1) is 11.8 Å². The van der Waals surface area contributed by atoms with E-state index in [0.29, 0.717) is 11.8 Å². The average Bonchev–Trinajstić information content (AvgIpc) is 2.66. The summed E-state index contributed by atoms with van der Waals surface area (Å²) in [6, 6.07) is 7.96. The van der Waals surface area contributed by atoms with Crippen LogP contribution in [-0.4, -0.2) is 46.7 Å². The molecule has 3 saturated heterocycles. The molecule has 3 aliphatic heterocycles. The first-order valence-electron chi connectivity index (χ1n) is 8.68.